The van der Waals surface area contributed by atoms with Gasteiger partial charge in [0.1, 0.15) is 17.2 Å². The number of para-hydroxylation sites is 1. The molecule has 0 fully saturated rings. The van der Waals surface area contributed by atoms with E-state index in [1.165, 1.54) is 35.9 Å². The van der Waals surface area contributed by atoms with Gasteiger partial charge in [-0.2, -0.15) is 4.98 Å². The zero-order valence-corrected chi connectivity index (χ0v) is 14.4. The smallest absolute Gasteiger partial charge is 0.269 e. The van der Waals surface area contributed by atoms with Crippen molar-refractivity contribution in [3.63, 3.8) is 0 Å². The molecular weight excluding hydrogens is 351 g/mol. The Kier molecular flexibility index (Phi) is 4.29. The van der Waals surface area contributed by atoms with Crippen LogP contribution in [-0.2, 0) is 11.3 Å². The summed E-state index contributed by atoms with van der Waals surface area (Å²) in [5, 5.41) is 0.201. The Bertz CT molecular complexity index is 1260. The zero-order chi connectivity index (χ0) is 19.0. The molecule has 136 valence electrons. The van der Waals surface area contributed by atoms with E-state index in [9.17, 15) is 14.0 Å². The summed E-state index contributed by atoms with van der Waals surface area (Å²) in [6.45, 7) is 0.442. The van der Waals surface area contributed by atoms with Crippen LogP contribution in [0.25, 0.3) is 33.5 Å². The quantitative estimate of drug-likeness (QED) is 0.519. The molecule has 2 aromatic carbocycles. The molecule has 0 N–H and O–H groups in total. The molecule has 0 aliphatic carbocycles. The van der Waals surface area contributed by atoms with Gasteiger partial charge in [0.05, 0.1) is 18.5 Å². The van der Waals surface area contributed by atoms with E-state index in [0.29, 0.717) is 16.5 Å². The van der Waals surface area contributed by atoms with Crippen molar-refractivity contribution in [3.05, 3.63) is 74.9 Å². The molecular formula is C20H15FN2O4. The average Bonchev–Trinajstić information content (AvgIpc) is 2.68. The molecule has 0 atom stereocenters. The number of benzene rings is 2. The first kappa shape index (κ1) is 17.1. The molecule has 4 aromatic rings. The van der Waals surface area contributed by atoms with Crippen LogP contribution in [0.5, 0.6) is 0 Å². The zero-order valence-electron chi connectivity index (χ0n) is 14.4. The fraction of sp³-hybridized carbons (Fsp3) is 0.150. The van der Waals surface area contributed by atoms with Crippen LogP contribution in [0.1, 0.15) is 0 Å². The number of aromatic nitrogens is 2. The third kappa shape index (κ3) is 2.92. The summed E-state index contributed by atoms with van der Waals surface area (Å²) < 4.78 is 25.4. The number of methoxy groups -OCH3 is 1. The molecule has 0 saturated carbocycles. The van der Waals surface area contributed by atoms with Crippen molar-refractivity contribution in [2.45, 2.75) is 6.54 Å². The van der Waals surface area contributed by atoms with Crippen LogP contribution in [0.4, 0.5) is 4.39 Å². The first-order valence-electron chi connectivity index (χ1n) is 8.31. The van der Waals surface area contributed by atoms with Crippen molar-refractivity contribution in [2.24, 2.45) is 0 Å². The third-order valence-electron chi connectivity index (χ3n) is 4.32. The van der Waals surface area contributed by atoms with E-state index in [0.717, 1.165) is 0 Å². The number of rotatable bonds is 4. The average molecular weight is 366 g/mol. The van der Waals surface area contributed by atoms with Gasteiger partial charge in [-0.15, -0.1) is 0 Å². The highest BCUT2D eigenvalue weighted by Crippen LogP contribution is 2.21. The predicted octanol–water partition coefficient (Wildman–Crippen LogP) is 2.96. The van der Waals surface area contributed by atoms with E-state index in [4.69, 9.17) is 9.15 Å². The topological polar surface area (TPSA) is 74.3 Å². The number of ether oxygens (including phenoxy) is 1. The summed E-state index contributed by atoms with van der Waals surface area (Å²) in [7, 11) is 1.51. The van der Waals surface area contributed by atoms with Gasteiger partial charge < -0.3 is 9.15 Å². The molecule has 0 saturated heterocycles. The van der Waals surface area contributed by atoms with Crippen molar-refractivity contribution in [3.8, 4) is 11.4 Å². The normalized spacial score (nSPS) is 11.3. The van der Waals surface area contributed by atoms with Gasteiger partial charge >= 0.3 is 0 Å². The van der Waals surface area contributed by atoms with Crippen molar-refractivity contribution in [1.29, 1.82) is 0 Å². The van der Waals surface area contributed by atoms with Gasteiger partial charge in [-0.25, -0.2) is 4.39 Å². The van der Waals surface area contributed by atoms with Gasteiger partial charge in [-0.05, 0) is 36.4 Å². The second kappa shape index (κ2) is 6.77. The Balaban J connectivity index is 2.10. The van der Waals surface area contributed by atoms with E-state index in [-0.39, 0.29) is 30.1 Å². The first-order chi connectivity index (χ1) is 13.1. The summed E-state index contributed by atoms with van der Waals surface area (Å²) in [4.78, 5) is 30.3. The Morgan fingerprint density at radius 3 is 2.59 bits per heavy atom. The number of hydrogen-bond acceptors (Lipinski definition) is 5. The Hall–Kier alpha value is -3.32. The summed E-state index contributed by atoms with van der Waals surface area (Å²) in [6.07, 6.45) is 0. The Labute approximate surface area is 152 Å². The van der Waals surface area contributed by atoms with E-state index in [2.05, 4.69) is 4.98 Å². The van der Waals surface area contributed by atoms with Gasteiger partial charge in [-0.3, -0.25) is 14.2 Å². The summed E-state index contributed by atoms with van der Waals surface area (Å²) in [6, 6.07) is 12.3. The van der Waals surface area contributed by atoms with E-state index in [1.54, 1.807) is 24.3 Å². The predicted molar refractivity (Wildman–Crippen MR) is 99.3 cm³/mol. The maximum Gasteiger partial charge on any atom is 0.269 e. The van der Waals surface area contributed by atoms with Crippen LogP contribution in [0.3, 0.4) is 0 Å². The lowest BCUT2D eigenvalue weighted by atomic mass is 10.1. The monoisotopic (exact) mass is 366 g/mol. The van der Waals surface area contributed by atoms with Gasteiger partial charge in [0.25, 0.3) is 5.56 Å². The number of halogens is 1. The van der Waals surface area contributed by atoms with Crippen molar-refractivity contribution >= 4 is 22.1 Å². The molecule has 2 heterocycles. The second-order valence-corrected chi connectivity index (χ2v) is 6.00. The minimum absolute atomic E-state index is 0.0447. The lowest BCUT2D eigenvalue weighted by molar-refractivity contribution is 0.186. The summed E-state index contributed by atoms with van der Waals surface area (Å²) in [5.41, 5.74) is -0.113. The number of fused-ring (bicyclic) bond motifs is 2. The first-order valence-corrected chi connectivity index (χ1v) is 8.31. The standard InChI is InChI=1S/C20H15FN2O4/c1-26-11-10-23-18(12-6-8-13(21)9-7-12)22-19-16(20(23)25)17(24)14-4-2-3-5-15(14)27-19/h2-9H,10-11H2,1H3. The van der Waals surface area contributed by atoms with Crippen LogP contribution in [0, 0.1) is 5.82 Å². The molecule has 0 amide bonds. The molecule has 2 aromatic heterocycles. The van der Waals surface area contributed by atoms with Crippen LogP contribution >= 0.6 is 0 Å². The van der Waals surface area contributed by atoms with Crippen LogP contribution in [-0.4, -0.2) is 23.3 Å². The second-order valence-electron chi connectivity index (χ2n) is 6.00. The highest BCUT2D eigenvalue weighted by molar-refractivity contribution is 5.88. The Morgan fingerprint density at radius 1 is 1.11 bits per heavy atom. The minimum Gasteiger partial charge on any atom is -0.437 e. The third-order valence-corrected chi connectivity index (χ3v) is 4.32. The lowest BCUT2D eigenvalue weighted by Crippen LogP contribution is -2.28. The maximum absolute atomic E-state index is 13.3. The Morgan fingerprint density at radius 2 is 1.85 bits per heavy atom. The largest absolute Gasteiger partial charge is 0.437 e. The highest BCUT2D eigenvalue weighted by atomic mass is 19.1. The summed E-state index contributed by atoms with van der Waals surface area (Å²) >= 11 is 0. The highest BCUT2D eigenvalue weighted by Gasteiger charge is 2.18. The molecule has 0 bridgehead atoms. The SMILES string of the molecule is COCCn1c(-c2ccc(F)cc2)nc2oc3ccccc3c(=O)c2c1=O. The molecule has 27 heavy (non-hydrogen) atoms. The van der Waals surface area contributed by atoms with Crippen LogP contribution in [0.15, 0.2) is 62.5 Å². The van der Waals surface area contributed by atoms with Crippen molar-refractivity contribution < 1.29 is 13.5 Å². The molecule has 4 rings (SSSR count). The minimum atomic E-state index is -0.518. The van der Waals surface area contributed by atoms with E-state index < -0.39 is 16.8 Å². The number of hydrogen-bond donors (Lipinski definition) is 0. The van der Waals surface area contributed by atoms with Crippen LogP contribution < -0.4 is 11.0 Å². The molecule has 0 aliphatic heterocycles. The molecule has 0 spiro atoms. The van der Waals surface area contributed by atoms with E-state index >= 15 is 0 Å². The molecule has 0 aliphatic rings. The van der Waals surface area contributed by atoms with Gasteiger partial charge in [0, 0.05) is 12.7 Å². The van der Waals surface area contributed by atoms with Gasteiger partial charge in [0.15, 0.2) is 5.39 Å². The molecule has 6 nitrogen and oxygen atoms in total. The fourth-order valence-corrected chi connectivity index (χ4v) is 2.99. The lowest BCUT2D eigenvalue weighted by Gasteiger charge is -2.13. The van der Waals surface area contributed by atoms with Crippen LogP contribution in [0.2, 0.25) is 0 Å². The fourth-order valence-electron chi connectivity index (χ4n) is 2.99. The maximum atomic E-state index is 13.3. The van der Waals surface area contributed by atoms with Crippen molar-refractivity contribution in [1.82, 2.24) is 9.55 Å². The number of nitrogens with zero attached hydrogens (tertiary/aromatic N) is 2. The van der Waals surface area contributed by atoms with Crippen molar-refractivity contribution in [2.75, 3.05) is 13.7 Å². The molecule has 0 radical (unpaired) electrons. The molecule has 7 heteroatoms. The van der Waals surface area contributed by atoms with E-state index in [1.807, 2.05) is 0 Å². The van der Waals surface area contributed by atoms with Gasteiger partial charge in [-0.1, -0.05) is 12.1 Å². The molecule has 0 unspecified atom stereocenters. The van der Waals surface area contributed by atoms with Gasteiger partial charge in [0.2, 0.25) is 11.1 Å². The summed E-state index contributed by atoms with van der Waals surface area (Å²) in [5.74, 6) is -0.120.